The van der Waals surface area contributed by atoms with Crippen LogP contribution in [0.5, 0.6) is 5.75 Å². The fourth-order valence-electron chi connectivity index (χ4n) is 3.17. The zero-order valence-corrected chi connectivity index (χ0v) is 17.0. The number of hydrogen-bond donors (Lipinski definition) is 1. The number of ether oxygens (including phenoxy) is 1. The molecule has 0 amide bonds. The molecule has 3 aromatic rings. The lowest BCUT2D eigenvalue weighted by atomic mass is 10.2. The Kier molecular flexibility index (Phi) is 6.42. The van der Waals surface area contributed by atoms with Gasteiger partial charge in [-0.05, 0) is 50.3 Å². The summed E-state index contributed by atoms with van der Waals surface area (Å²) in [7, 11) is 1.67. The van der Waals surface area contributed by atoms with Crippen LogP contribution in [0.1, 0.15) is 19.4 Å². The molecule has 142 valence electrons. The molecule has 27 heavy (non-hydrogen) atoms. The molecule has 0 aliphatic rings. The molecule has 0 bridgehead atoms. The molecule has 0 aliphatic carbocycles. The molecule has 5 nitrogen and oxygen atoms in total. The number of hydrogen-bond acceptors (Lipinski definition) is 3. The molecule has 0 radical (unpaired) electrons. The number of aromatic nitrogens is 3. The van der Waals surface area contributed by atoms with Crippen LogP contribution in [0.4, 0.5) is 0 Å². The van der Waals surface area contributed by atoms with E-state index in [1.165, 1.54) is 10.5 Å². The van der Waals surface area contributed by atoms with Crippen molar-refractivity contribution in [2.75, 3.05) is 13.7 Å². The molecular weight excluding hydrogens is 356 g/mol. The summed E-state index contributed by atoms with van der Waals surface area (Å²) >= 11 is 5.72. The summed E-state index contributed by atoms with van der Waals surface area (Å²) in [5, 5.41) is 4.85. The van der Waals surface area contributed by atoms with Crippen molar-refractivity contribution in [3.05, 3.63) is 64.9 Å². The van der Waals surface area contributed by atoms with Gasteiger partial charge in [-0.1, -0.05) is 30.3 Å². The number of rotatable bonds is 8. The minimum atomic E-state index is 0.750. The predicted octanol–water partition coefficient (Wildman–Crippen LogP) is 3.17. The molecule has 2 aromatic carbocycles. The zero-order valence-electron chi connectivity index (χ0n) is 16.2. The van der Waals surface area contributed by atoms with Gasteiger partial charge in [0.25, 0.3) is 0 Å². The molecular formula is C21H27N4OS+. The van der Waals surface area contributed by atoms with Crippen molar-refractivity contribution in [3.63, 3.8) is 0 Å². The van der Waals surface area contributed by atoms with Gasteiger partial charge >= 0.3 is 0 Å². The van der Waals surface area contributed by atoms with Crippen molar-refractivity contribution in [2.45, 2.75) is 33.6 Å². The molecule has 1 atom stereocenters. The molecule has 0 spiro atoms. The van der Waals surface area contributed by atoms with E-state index in [0.717, 1.165) is 48.2 Å². The highest BCUT2D eigenvalue weighted by Gasteiger charge is 2.15. The Balaban J connectivity index is 1.87. The van der Waals surface area contributed by atoms with Crippen LogP contribution < -0.4 is 9.64 Å². The Morgan fingerprint density at radius 3 is 2.33 bits per heavy atom. The molecule has 1 unspecified atom stereocenters. The fraction of sp³-hybridized carbons (Fsp3) is 0.333. The molecule has 0 aliphatic heterocycles. The van der Waals surface area contributed by atoms with Crippen LogP contribution in [0.3, 0.4) is 0 Å². The first kappa shape index (κ1) is 19.3. The van der Waals surface area contributed by atoms with Crippen molar-refractivity contribution < 1.29 is 9.64 Å². The van der Waals surface area contributed by atoms with Gasteiger partial charge in [-0.15, -0.1) is 5.10 Å². The quantitative estimate of drug-likeness (QED) is 0.607. The molecule has 6 heteroatoms. The van der Waals surface area contributed by atoms with Crippen molar-refractivity contribution >= 4 is 12.2 Å². The van der Waals surface area contributed by atoms with Crippen molar-refractivity contribution in [3.8, 4) is 17.1 Å². The highest BCUT2D eigenvalue weighted by molar-refractivity contribution is 7.71. The minimum Gasteiger partial charge on any atom is -0.497 e. The Morgan fingerprint density at radius 2 is 1.74 bits per heavy atom. The second-order valence-electron chi connectivity index (χ2n) is 6.50. The van der Waals surface area contributed by atoms with Gasteiger partial charge in [0.05, 0.1) is 13.7 Å². The zero-order chi connectivity index (χ0) is 19.2. The van der Waals surface area contributed by atoms with E-state index in [9.17, 15) is 0 Å². The molecule has 1 heterocycles. The lowest BCUT2D eigenvalue weighted by Gasteiger charge is -2.17. The summed E-state index contributed by atoms with van der Waals surface area (Å²) in [6, 6.07) is 18.5. The lowest BCUT2D eigenvalue weighted by molar-refractivity contribution is -0.935. The van der Waals surface area contributed by atoms with E-state index in [4.69, 9.17) is 22.1 Å². The number of methoxy groups -OCH3 is 1. The number of benzene rings is 2. The van der Waals surface area contributed by atoms with Gasteiger partial charge in [-0.3, -0.25) is 0 Å². The maximum absolute atomic E-state index is 5.72. The van der Waals surface area contributed by atoms with Gasteiger partial charge in [-0.2, -0.15) is 4.68 Å². The third-order valence-electron chi connectivity index (χ3n) is 4.76. The first-order valence-corrected chi connectivity index (χ1v) is 9.76. The summed E-state index contributed by atoms with van der Waals surface area (Å²) < 4.78 is 10.1. The van der Waals surface area contributed by atoms with Gasteiger partial charge in [-0.25, -0.2) is 0 Å². The number of quaternary nitrogens is 1. The normalized spacial score (nSPS) is 12.1. The second kappa shape index (κ2) is 8.97. The Labute approximate surface area is 165 Å². The summed E-state index contributed by atoms with van der Waals surface area (Å²) in [6.07, 6.45) is 0. The van der Waals surface area contributed by atoms with Crippen molar-refractivity contribution in [2.24, 2.45) is 0 Å². The summed E-state index contributed by atoms with van der Waals surface area (Å²) in [5.74, 6) is 1.74. The third-order valence-corrected chi connectivity index (χ3v) is 5.19. The molecule has 3 rings (SSSR count). The Hall–Kier alpha value is -2.44. The van der Waals surface area contributed by atoms with E-state index in [0.29, 0.717) is 0 Å². The molecule has 0 saturated heterocycles. The van der Waals surface area contributed by atoms with E-state index in [-0.39, 0.29) is 0 Å². The SMILES string of the molecule is CCn1c(-c2ccc(OC)cc2)nn(C[NH+](CC)Cc2ccccc2)c1=S. The van der Waals surface area contributed by atoms with Crippen LogP contribution >= 0.6 is 12.2 Å². The van der Waals surface area contributed by atoms with Crippen LogP contribution in [0.15, 0.2) is 54.6 Å². The van der Waals surface area contributed by atoms with E-state index in [2.05, 4.69) is 48.7 Å². The Morgan fingerprint density at radius 1 is 1.04 bits per heavy atom. The highest BCUT2D eigenvalue weighted by atomic mass is 32.1. The second-order valence-corrected chi connectivity index (χ2v) is 6.87. The van der Waals surface area contributed by atoms with Gasteiger partial charge in [0, 0.05) is 17.7 Å². The molecule has 0 fully saturated rings. The highest BCUT2D eigenvalue weighted by Crippen LogP contribution is 2.21. The lowest BCUT2D eigenvalue weighted by Crippen LogP contribution is -3.09. The smallest absolute Gasteiger partial charge is 0.203 e. The van der Waals surface area contributed by atoms with Crippen LogP contribution in [-0.2, 0) is 19.8 Å². The van der Waals surface area contributed by atoms with Crippen molar-refractivity contribution in [1.82, 2.24) is 14.3 Å². The average Bonchev–Trinajstić information content (AvgIpc) is 3.03. The standard InChI is InChI=1S/C21H26N4OS/c1-4-23(15-17-9-7-6-8-10-17)16-25-21(27)24(5-2)20(22-25)18-11-13-19(26-3)14-12-18/h6-14H,4-5,15-16H2,1-3H3/p+1. The predicted molar refractivity (Wildman–Crippen MR) is 110 cm³/mol. The Bertz CT molecular complexity index is 916. The van der Waals surface area contributed by atoms with Crippen LogP contribution in [0.2, 0.25) is 0 Å². The minimum absolute atomic E-state index is 0.750. The van der Waals surface area contributed by atoms with Gasteiger partial charge in [0.1, 0.15) is 12.3 Å². The van der Waals surface area contributed by atoms with Crippen LogP contribution in [0, 0.1) is 4.77 Å². The van der Waals surface area contributed by atoms with E-state index in [1.54, 1.807) is 7.11 Å². The van der Waals surface area contributed by atoms with E-state index in [1.807, 2.05) is 28.9 Å². The molecule has 1 aromatic heterocycles. The van der Waals surface area contributed by atoms with Gasteiger partial charge in [0.2, 0.25) is 4.77 Å². The van der Waals surface area contributed by atoms with Crippen molar-refractivity contribution in [1.29, 1.82) is 0 Å². The first-order valence-electron chi connectivity index (χ1n) is 9.35. The average molecular weight is 384 g/mol. The monoisotopic (exact) mass is 383 g/mol. The molecule has 0 saturated carbocycles. The number of nitrogens with one attached hydrogen (secondary N) is 1. The largest absolute Gasteiger partial charge is 0.497 e. The number of nitrogens with zero attached hydrogens (tertiary/aromatic N) is 3. The summed E-state index contributed by atoms with van der Waals surface area (Å²) in [6.45, 7) is 7.80. The summed E-state index contributed by atoms with van der Waals surface area (Å²) in [4.78, 5) is 1.42. The maximum atomic E-state index is 5.72. The van der Waals surface area contributed by atoms with E-state index < -0.39 is 0 Å². The van der Waals surface area contributed by atoms with Gasteiger partial charge in [0.15, 0.2) is 12.5 Å². The summed E-state index contributed by atoms with van der Waals surface area (Å²) in [5.41, 5.74) is 2.37. The van der Waals surface area contributed by atoms with Crippen LogP contribution in [0.25, 0.3) is 11.4 Å². The topological polar surface area (TPSA) is 36.4 Å². The van der Waals surface area contributed by atoms with Gasteiger partial charge < -0.3 is 14.2 Å². The first-order chi connectivity index (χ1) is 13.2. The third kappa shape index (κ3) is 4.46. The van der Waals surface area contributed by atoms with E-state index >= 15 is 0 Å². The molecule has 1 N–H and O–H groups in total. The maximum Gasteiger partial charge on any atom is 0.203 e. The fourth-order valence-corrected chi connectivity index (χ4v) is 3.49. The van der Waals surface area contributed by atoms with Crippen LogP contribution in [-0.4, -0.2) is 28.0 Å².